The van der Waals surface area contributed by atoms with E-state index < -0.39 is 10.0 Å². The Balaban J connectivity index is 1.79. The Labute approximate surface area is 177 Å². The molecule has 2 aliphatic rings. The fraction of sp³-hybridized carbons (Fsp3) is 0.591. The number of aryl methyl sites for hydroxylation is 2. The number of rotatable bonds is 4. The molecule has 1 saturated heterocycles. The average Bonchev–Trinajstić information content (AvgIpc) is 3.05. The molecule has 1 amide bonds. The number of amides is 1. The zero-order valence-corrected chi connectivity index (χ0v) is 18.7. The third-order valence-corrected chi connectivity index (χ3v) is 8.05. The van der Waals surface area contributed by atoms with E-state index in [1.54, 1.807) is 11.8 Å². The van der Waals surface area contributed by atoms with E-state index in [0.29, 0.717) is 42.8 Å². The average molecular weight is 435 g/mol. The number of carbonyl (C=O) groups excluding carboxylic acids is 1. The predicted octanol–water partition coefficient (Wildman–Crippen LogP) is 3.44. The lowest BCUT2D eigenvalue weighted by molar-refractivity contribution is 0.0283. The SMILES string of the molecule is Cc1cc2c(C)c(C(=O)N3CCOCC3)oc2c(S(=O)(=O)NC2CCCCC2)c1C. The summed E-state index contributed by atoms with van der Waals surface area (Å²) in [5.74, 6) is -0.00286. The molecule has 2 aromatic rings. The van der Waals surface area contributed by atoms with E-state index in [1.807, 2.05) is 19.9 Å². The minimum absolute atomic E-state index is 0.0516. The van der Waals surface area contributed by atoms with Crippen molar-refractivity contribution in [1.29, 1.82) is 0 Å². The molecule has 30 heavy (non-hydrogen) atoms. The topological polar surface area (TPSA) is 88.9 Å². The summed E-state index contributed by atoms with van der Waals surface area (Å²) >= 11 is 0. The van der Waals surface area contributed by atoms with Gasteiger partial charge in [-0.1, -0.05) is 19.3 Å². The lowest BCUT2D eigenvalue weighted by Gasteiger charge is -2.26. The summed E-state index contributed by atoms with van der Waals surface area (Å²) < 4.78 is 41.0. The van der Waals surface area contributed by atoms with E-state index in [0.717, 1.165) is 37.7 Å². The fourth-order valence-electron chi connectivity index (χ4n) is 4.48. The summed E-state index contributed by atoms with van der Waals surface area (Å²) in [7, 11) is -3.78. The minimum atomic E-state index is -3.78. The van der Waals surface area contributed by atoms with Crippen molar-refractivity contribution in [2.75, 3.05) is 26.3 Å². The van der Waals surface area contributed by atoms with Gasteiger partial charge in [0, 0.05) is 30.1 Å². The third-order valence-electron chi connectivity index (χ3n) is 6.38. The molecule has 1 N–H and O–H groups in total. The molecule has 1 aromatic carbocycles. The highest BCUT2D eigenvalue weighted by Crippen LogP contribution is 2.35. The van der Waals surface area contributed by atoms with Crippen molar-refractivity contribution in [1.82, 2.24) is 9.62 Å². The van der Waals surface area contributed by atoms with Crippen LogP contribution >= 0.6 is 0 Å². The number of sulfonamides is 1. The predicted molar refractivity (Wildman–Crippen MR) is 114 cm³/mol. The summed E-state index contributed by atoms with van der Waals surface area (Å²) in [6.45, 7) is 7.50. The summed E-state index contributed by atoms with van der Waals surface area (Å²) in [5.41, 5.74) is 2.47. The van der Waals surface area contributed by atoms with Crippen LogP contribution in [0.15, 0.2) is 15.4 Å². The summed E-state index contributed by atoms with van der Waals surface area (Å²) in [5, 5.41) is 0.679. The van der Waals surface area contributed by atoms with Gasteiger partial charge in [-0.2, -0.15) is 0 Å². The smallest absolute Gasteiger partial charge is 0.290 e. The summed E-state index contributed by atoms with van der Waals surface area (Å²) in [4.78, 5) is 14.9. The molecule has 2 fully saturated rings. The molecule has 2 heterocycles. The van der Waals surface area contributed by atoms with Crippen molar-refractivity contribution in [3.63, 3.8) is 0 Å². The zero-order valence-electron chi connectivity index (χ0n) is 17.9. The highest BCUT2D eigenvalue weighted by atomic mass is 32.2. The molecule has 1 aliphatic carbocycles. The van der Waals surface area contributed by atoms with Crippen LogP contribution in [0.25, 0.3) is 11.0 Å². The van der Waals surface area contributed by atoms with E-state index in [1.165, 1.54) is 0 Å². The van der Waals surface area contributed by atoms with Crippen LogP contribution in [0.1, 0.15) is 59.3 Å². The Hall–Kier alpha value is -1.90. The number of ether oxygens (including phenoxy) is 1. The van der Waals surface area contributed by atoms with Gasteiger partial charge in [0.15, 0.2) is 11.3 Å². The maximum Gasteiger partial charge on any atom is 0.290 e. The highest BCUT2D eigenvalue weighted by molar-refractivity contribution is 7.89. The maximum absolute atomic E-state index is 13.4. The maximum atomic E-state index is 13.4. The van der Waals surface area contributed by atoms with E-state index in [4.69, 9.17) is 9.15 Å². The molecular weight excluding hydrogens is 404 g/mol. The molecule has 1 aliphatic heterocycles. The second kappa shape index (κ2) is 8.32. The normalized spacial score (nSPS) is 18.8. The number of morpholine rings is 1. The van der Waals surface area contributed by atoms with Gasteiger partial charge in [-0.3, -0.25) is 4.79 Å². The number of fused-ring (bicyclic) bond motifs is 1. The Morgan fingerprint density at radius 1 is 1.07 bits per heavy atom. The number of hydrogen-bond donors (Lipinski definition) is 1. The molecule has 0 spiro atoms. The van der Waals surface area contributed by atoms with Gasteiger partial charge < -0.3 is 14.1 Å². The van der Waals surface area contributed by atoms with Crippen LogP contribution in [0.2, 0.25) is 0 Å². The molecule has 164 valence electrons. The lowest BCUT2D eigenvalue weighted by Crippen LogP contribution is -2.40. The zero-order chi connectivity index (χ0) is 21.5. The number of benzene rings is 1. The molecule has 7 nitrogen and oxygen atoms in total. The van der Waals surface area contributed by atoms with Crippen LogP contribution in [-0.2, 0) is 14.8 Å². The molecule has 4 rings (SSSR count). The Morgan fingerprint density at radius 3 is 2.40 bits per heavy atom. The first-order chi connectivity index (χ1) is 14.3. The first-order valence-electron chi connectivity index (χ1n) is 10.7. The number of carbonyl (C=O) groups is 1. The third kappa shape index (κ3) is 3.88. The van der Waals surface area contributed by atoms with Crippen molar-refractivity contribution in [2.45, 2.75) is 63.8 Å². The molecule has 0 unspecified atom stereocenters. The first-order valence-corrected chi connectivity index (χ1v) is 12.2. The van der Waals surface area contributed by atoms with Gasteiger partial charge in [0.05, 0.1) is 13.2 Å². The summed E-state index contributed by atoms with van der Waals surface area (Å²) in [6, 6.07) is 1.86. The molecular formula is C22H30N2O5S. The van der Waals surface area contributed by atoms with Crippen molar-refractivity contribution in [2.24, 2.45) is 0 Å². The van der Waals surface area contributed by atoms with Crippen LogP contribution in [-0.4, -0.2) is 51.6 Å². The minimum Gasteiger partial charge on any atom is -0.449 e. The van der Waals surface area contributed by atoms with E-state index >= 15 is 0 Å². The quantitative estimate of drug-likeness (QED) is 0.796. The largest absolute Gasteiger partial charge is 0.449 e. The van der Waals surface area contributed by atoms with Crippen LogP contribution in [0.5, 0.6) is 0 Å². The molecule has 1 saturated carbocycles. The van der Waals surface area contributed by atoms with Crippen LogP contribution in [0.4, 0.5) is 0 Å². The monoisotopic (exact) mass is 434 g/mol. The number of furan rings is 1. The van der Waals surface area contributed by atoms with Crippen molar-refractivity contribution >= 4 is 26.9 Å². The van der Waals surface area contributed by atoms with Crippen LogP contribution < -0.4 is 4.72 Å². The highest BCUT2D eigenvalue weighted by Gasteiger charge is 2.31. The van der Waals surface area contributed by atoms with Gasteiger partial charge in [-0.05, 0) is 50.8 Å². The number of hydrogen-bond acceptors (Lipinski definition) is 5. The molecule has 8 heteroatoms. The molecule has 1 aromatic heterocycles. The summed E-state index contributed by atoms with van der Waals surface area (Å²) in [6.07, 6.45) is 4.92. The van der Waals surface area contributed by atoms with Crippen LogP contribution in [0, 0.1) is 20.8 Å². The van der Waals surface area contributed by atoms with E-state index in [2.05, 4.69) is 4.72 Å². The van der Waals surface area contributed by atoms with Gasteiger partial charge in [-0.25, -0.2) is 13.1 Å². The second-order valence-corrected chi connectivity index (χ2v) is 10.1. The fourth-order valence-corrected chi connectivity index (χ4v) is 6.23. The van der Waals surface area contributed by atoms with Gasteiger partial charge in [-0.15, -0.1) is 0 Å². The van der Waals surface area contributed by atoms with Crippen molar-refractivity contribution in [3.8, 4) is 0 Å². The van der Waals surface area contributed by atoms with Crippen molar-refractivity contribution < 1.29 is 22.4 Å². The van der Waals surface area contributed by atoms with Gasteiger partial charge >= 0.3 is 0 Å². The Morgan fingerprint density at radius 2 is 1.73 bits per heavy atom. The van der Waals surface area contributed by atoms with Crippen molar-refractivity contribution in [3.05, 3.63) is 28.5 Å². The van der Waals surface area contributed by atoms with E-state index in [-0.39, 0.29) is 28.2 Å². The molecule has 0 bridgehead atoms. The first kappa shape index (κ1) is 21.3. The Kier molecular flexibility index (Phi) is 5.92. The molecule has 0 radical (unpaired) electrons. The number of nitrogens with zero attached hydrogens (tertiary/aromatic N) is 1. The lowest BCUT2D eigenvalue weighted by atomic mass is 9.96. The number of nitrogens with one attached hydrogen (secondary N) is 1. The van der Waals surface area contributed by atoms with Gasteiger partial charge in [0.25, 0.3) is 5.91 Å². The van der Waals surface area contributed by atoms with Crippen LogP contribution in [0.3, 0.4) is 0 Å². The van der Waals surface area contributed by atoms with Gasteiger partial charge in [0.2, 0.25) is 10.0 Å². The standard InChI is InChI=1S/C22H30N2O5S/c1-14-13-18-16(3)19(22(25)24-9-11-28-12-10-24)29-20(18)21(15(14)2)30(26,27)23-17-7-5-4-6-8-17/h13,17,23H,4-12H2,1-3H3. The van der Waals surface area contributed by atoms with Gasteiger partial charge in [0.1, 0.15) is 4.90 Å². The second-order valence-electron chi connectivity index (χ2n) is 8.44. The Bertz CT molecular complexity index is 1060. The molecule has 0 atom stereocenters. The van der Waals surface area contributed by atoms with E-state index in [9.17, 15) is 13.2 Å².